The van der Waals surface area contributed by atoms with Crippen molar-refractivity contribution in [2.45, 2.75) is 58.8 Å². The molecule has 3 nitrogen and oxygen atoms in total. The van der Waals surface area contributed by atoms with E-state index >= 15 is 0 Å². The molecule has 1 saturated carbocycles. The molecule has 2 N–H and O–H groups in total. The Kier molecular flexibility index (Phi) is 7.33. The molecule has 0 aromatic carbocycles. The van der Waals surface area contributed by atoms with Crippen LogP contribution in [-0.4, -0.2) is 30.4 Å². The SMILES string of the molecule is CC(C)CCN(CCC1CCCCC1)CC(N)=O. The maximum Gasteiger partial charge on any atom is 0.231 e. The minimum absolute atomic E-state index is 0.192. The van der Waals surface area contributed by atoms with Crippen LogP contribution >= 0.6 is 0 Å². The van der Waals surface area contributed by atoms with Gasteiger partial charge in [-0.05, 0) is 37.8 Å². The molecular formula is C15H30N2O. The van der Waals surface area contributed by atoms with Gasteiger partial charge in [0.05, 0.1) is 6.54 Å². The average Bonchev–Trinajstić information content (AvgIpc) is 2.33. The molecule has 106 valence electrons. The summed E-state index contributed by atoms with van der Waals surface area (Å²) in [4.78, 5) is 13.3. The molecule has 0 saturated heterocycles. The Bertz CT molecular complexity index is 235. The minimum atomic E-state index is -0.192. The van der Waals surface area contributed by atoms with Crippen molar-refractivity contribution in [3.05, 3.63) is 0 Å². The summed E-state index contributed by atoms with van der Waals surface area (Å²) in [5.41, 5.74) is 5.33. The largest absolute Gasteiger partial charge is 0.369 e. The van der Waals surface area contributed by atoms with Crippen molar-refractivity contribution in [3.63, 3.8) is 0 Å². The molecule has 0 aliphatic heterocycles. The maximum atomic E-state index is 11.1. The first-order chi connectivity index (χ1) is 8.58. The fourth-order valence-electron chi connectivity index (χ4n) is 2.77. The molecule has 0 radical (unpaired) electrons. The van der Waals surface area contributed by atoms with Gasteiger partial charge in [0.2, 0.25) is 5.91 Å². The molecule has 18 heavy (non-hydrogen) atoms. The van der Waals surface area contributed by atoms with Crippen LogP contribution in [0.2, 0.25) is 0 Å². The lowest BCUT2D eigenvalue weighted by molar-refractivity contribution is -0.119. The zero-order chi connectivity index (χ0) is 13.4. The van der Waals surface area contributed by atoms with E-state index in [9.17, 15) is 4.79 Å². The third-order valence-corrected chi connectivity index (χ3v) is 3.98. The van der Waals surface area contributed by atoms with Crippen LogP contribution in [0.1, 0.15) is 58.8 Å². The van der Waals surface area contributed by atoms with Gasteiger partial charge < -0.3 is 5.73 Å². The van der Waals surface area contributed by atoms with E-state index in [2.05, 4.69) is 18.7 Å². The number of hydrogen-bond donors (Lipinski definition) is 1. The van der Waals surface area contributed by atoms with Crippen molar-refractivity contribution in [1.82, 2.24) is 4.90 Å². The van der Waals surface area contributed by atoms with Gasteiger partial charge in [-0.15, -0.1) is 0 Å². The molecule has 1 aliphatic carbocycles. The first kappa shape index (κ1) is 15.5. The van der Waals surface area contributed by atoms with E-state index < -0.39 is 0 Å². The molecule has 3 heteroatoms. The smallest absolute Gasteiger partial charge is 0.231 e. The summed E-state index contributed by atoms with van der Waals surface area (Å²) >= 11 is 0. The number of primary amides is 1. The number of rotatable bonds is 8. The molecule has 1 fully saturated rings. The number of carbonyl (C=O) groups excluding carboxylic acids is 1. The van der Waals surface area contributed by atoms with E-state index in [1.165, 1.54) is 38.5 Å². The zero-order valence-electron chi connectivity index (χ0n) is 12.2. The second-order valence-corrected chi connectivity index (χ2v) is 6.22. The molecule has 0 bridgehead atoms. The van der Waals surface area contributed by atoms with Crippen molar-refractivity contribution >= 4 is 5.91 Å². The van der Waals surface area contributed by atoms with Crippen LogP contribution in [0.4, 0.5) is 0 Å². The summed E-state index contributed by atoms with van der Waals surface area (Å²) in [6, 6.07) is 0. The van der Waals surface area contributed by atoms with Gasteiger partial charge in [-0.25, -0.2) is 0 Å². The standard InChI is InChI=1S/C15H30N2O/c1-13(2)8-10-17(12-15(16)18)11-9-14-6-4-3-5-7-14/h13-14H,3-12H2,1-2H3,(H2,16,18). The van der Waals surface area contributed by atoms with E-state index in [-0.39, 0.29) is 5.91 Å². The molecule has 0 spiro atoms. The Morgan fingerprint density at radius 2 is 1.89 bits per heavy atom. The lowest BCUT2D eigenvalue weighted by atomic mass is 9.87. The van der Waals surface area contributed by atoms with E-state index in [0.29, 0.717) is 12.5 Å². The minimum Gasteiger partial charge on any atom is -0.369 e. The van der Waals surface area contributed by atoms with Crippen molar-refractivity contribution in [3.8, 4) is 0 Å². The number of hydrogen-bond acceptors (Lipinski definition) is 2. The van der Waals surface area contributed by atoms with Gasteiger partial charge in [0.1, 0.15) is 0 Å². The third-order valence-electron chi connectivity index (χ3n) is 3.98. The highest BCUT2D eigenvalue weighted by Crippen LogP contribution is 2.26. The fourth-order valence-corrected chi connectivity index (χ4v) is 2.77. The van der Waals surface area contributed by atoms with Gasteiger partial charge in [-0.3, -0.25) is 9.69 Å². The van der Waals surface area contributed by atoms with Gasteiger partial charge in [0.25, 0.3) is 0 Å². The average molecular weight is 254 g/mol. The quantitative estimate of drug-likeness (QED) is 0.724. The van der Waals surface area contributed by atoms with Crippen LogP contribution in [0.15, 0.2) is 0 Å². The summed E-state index contributed by atoms with van der Waals surface area (Å²) in [5, 5.41) is 0. The van der Waals surface area contributed by atoms with Gasteiger partial charge in [0.15, 0.2) is 0 Å². The summed E-state index contributed by atoms with van der Waals surface area (Å²) in [7, 11) is 0. The number of amides is 1. The Morgan fingerprint density at radius 1 is 1.22 bits per heavy atom. The summed E-state index contributed by atoms with van der Waals surface area (Å²) in [6.07, 6.45) is 9.36. The molecular weight excluding hydrogens is 224 g/mol. The number of carbonyl (C=O) groups is 1. The monoisotopic (exact) mass is 254 g/mol. The lowest BCUT2D eigenvalue weighted by Gasteiger charge is -2.26. The molecule has 1 amide bonds. The number of nitrogens with two attached hydrogens (primary N) is 1. The van der Waals surface area contributed by atoms with Gasteiger partial charge in [0, 0.05) is 0 Å². The summed E-state index contributed by atoms with van der Waals surface area (Å²) < 4.78 is 0. The Balaban J connectivity index is 2.27. The number of nitrogens with zero attached hydrogens (tertiary/aromatic N) is 1. The van der Waals surface area contributed by atoms with Crippen LogP contribution in [0.5, 0.6) is 0 Å². The second-order valence-electron chi connectivity index (χ2n) is 6.22. The predicted molar refractivity (Wildman–Crippen MR) is 76.3 cm³/mol. The van der Waals surface area contributed by atoms with Crippen LogP contribution < -0.4 is 5.73 Å². The molecule has 0 aromatic rings. The first-order valence-electron chi connectivity index (χ1n) is 7.58. The predicted octanol–water partition coefficient (Wildman–Crippen LogP) is 2.79. The highest BCUT2D eigenvalue weighted by atomic mass is 16.1. The highest BCUT2D eigenvalue weighted by Gasteiger charge is 2.16. The molecule has 1 aliphatic rings. The molecule has 0 atom stereocenters. The Morgan fingerprint density at radius 3 is 2.44 bits per heavy atom. The molecule has 0 unspecified atom stereocenters. The zero-order valence-corrected chi connectivity index (χ0v) is 12.2. The normalized spacial score (nSPS) is 17.6. The Labute approximate surface area is 112 Å². The summed E-state index contributed by atoms with van der Waals surface area (Å²) in [5.74, 6) is 1.38. The van der Waals surface area contributed by atoms with Crippen molar-refractivity contribution in [2.75, 3.05) is 19.6 Å². The highest BCUT2D eigenvalue weighted by molar-refractivity contribution is 5.75. The van der Waals surface area contributed by atoms with Crippen molar-refractivity contribution < 1.29 is 4.79 Å². The topological polar surface area (TPSA) is 46.3 Å². The third kappa shape index (κ3) is 7.00. The van der Waals surface area contributed by atoms with E-state index in [1.807, 2.05) is 0 Å². The van der Waals surface area contributed by atoms with E-state index in [1.54, 1.807) is 0 Å². The van der Waals surface area contributed by atoms with Crippen LogP contribution in [-0.2, 0) is 4.79 Å². The second kappa shape index (κ2) is 8.52. The molecule has 0 heterocycles. The van der Waals surface area contributed by atoms with Crippen molar-refractivity contribution in [1.29, 1.82) is 0 Å². The van der Waals surface area contributed by atoms with Crippen LogP contribution in [0.3, 0.4) is 0 Å². The fraction of sp³-hybridized carbons (Fsp3) is 0.933. The van der Waals surface area contributed by atoms with E-state index in [4.69, 9.17) is 5.73 Å². The van der Waals surface area contributed by atoms with Gasteiger partial charge >= 0.3 is 0 Å². The summed E-state index contributed by atoms with van der Waals surface area (Å²) in [6.45, 7) is 6.93. The first-order valence-corrected chi connectivity index (χ1v) is 7.58. The molecule has 1 rings (SSSR count). The van der Waals surface area contributed by atoms with Crippen molar-refractivity contribution in [2.24, 2.45) is 17.6 Å². The maximum absolute atomic E-state index is 11.1. The Hall–Kier alpha value is -0.570. The molecule has 0 aromatic heterocycles. The van der Waals surface area contributed by atoms with Gasteiger partial charge in [-0.2, -0.15) is 0 Å². The van der Waals surface area contributed by atoms with Gasteiger partial charge in [-0.1, -0.05) is 46.0 Å². The van der Waals surface area contributed by atoms with Crippen LogP contribution in [0, 0.1) is 11.8 Å². The van der Waals surface area contributed by atoms with E-state index in [0.717, 1.165) is 25.4 Å². The lowest BCUT2D eigenvalue weighted by Crippen LogP contribution is -2.36. The van der Waals surface area contributed by atoms with Crippen LogP contribution in [0.25, 0.3) is 0 Å².